The van der Waals surface area contributed by atoms with Gasteiger partial charge in [-0.1, -0.05) is 23.2 Å². The molecule has 1 aromatic carbocycles. The van der Waals surface area contributed by atoms with Crippen molar-refractivity contribution in [2.24, 2.45) is 5.73 Å². The number of carbonyl (C=O) groups excluding carboxylic acids is 1. The average molecular weight is 384 g/mol. The Morgan fingerprint density at radius 3 is 2.78 bits per heavy atom. The fraction of sp³-hybridized carbons (Fsp3) is 0.533. The molecule has 5 nitrogen and oxygen atoms in total. The third-order valence-corrected chi connectivity index (χ3v) is 4.43. The van der Waals surface area contributed by atoms with Gasteiger partial charge < -0.3 is 20.1 Å². The van der Waals surface area contributed by atoms with Gasteiger partial charge in [-0.3, -0.25) is 4.79 Å². The number of halogens is 3. The van der Waals surface area contributed by atoms with Gasteiger partial charge in [0.15, 0.2) is 0 Å². The van der Waals surface area contributed by atoms with Gasteiger partial charge >= 0.3 is 0 Å². The zero-order chi connectivity index (χ0) is 16.1. The first-order valence-electron chi connectivity index (χ1n) is 7.15. The fourth-order valence-corrected chi connectivity index (χ4v) is 2.67. The predicted molar refractivity (Wildman–Crippen MR) is 93.8 cm³/mol. The fourth-order valence-electron chi connectivity index (χ4n) is 2.38. The van der Waals surface area contributed by atoms with Crippen LogP contribution in [-0.4, -0.2) is 49.8 Å². The van der Waals surface area contributed by atoms with Crippen LogP contribution in [0.3, 0.4) is 0 Å². The number of nitrogens with zero attached hydrogens (tertiary/aromatic N) is 1. The predicted octanol–water partition coefficient (Wildman–Crippen LogP) is 2.76. The zero-order valence-corrected chi connectivity index (χ0v) is 15.2. The summed E-state index contributed by atoms with van der Waals surface area (Å²) in [6.07, 6.45) is 0.807. The van der Waals surface area contributed by atoms with E-state index in [9.17, 15) is 4.79 Å². The first-order chi connectivity index (χ1) is 10.5. The smallest absolute Gasteiger partial charge is 0.225 e. The molecule has 2 N–H and O–H groups in total. The molecule has 130 valence electrons. The Kier molecular flexibility index (Phi) is 8.44. The molecule has 1 aliphatic rings. The van der Waals surface area contributed by atoms with E-state index in [1.165, 1.54) is 0 Å². The molecule has 2 unspecified atom stereocenters. The molecule has 8 heteroatoms. The van der Waals surface area contributed by atoms with Crippen LogP contribution < -0.4 is 10.5 Å². The Bertz CT molecular complexity index is 527. The van der Waals surface area contributed by atoms with Crippen molar-refractivity contribution in [1.29, 1.82) is 0 Å². The van der Waals surface area contributed by atoms with Gasteiger partial charge in [0.2, 0.25) is 5.91 Å². The number of nitrogens with two attached hydrogens (primary N) is 1. The maximum atomic E-state index is 12.2. The highest BCUT2D eigenvalue weighted by Crippen LogP contribution is 2.28. The molecule has 0 bridgehead atoms. The number of methoxy groups -OCH3 is 1. The Hall–Kier alpha value is -0.720. The quantitative estimate of drug-likeness (QED) is 0.820. The molecule has 0 saturated carbocycles. The monoisotopic (exact) mass is 382 g/mol. The maximum absolute atomic E-state index is 12.2. The lowest BCUT2D eigenvalue weighted by atomic mass is 10.2. The molecular formula is C15H21Cl3N2O3. The van der Waals surface area contributed by atoms with E-state index in [-0.39, 0.29) is 30.5 Å². The summed E-state index contributed by atoms with van der Waals surface area (Å²) in [5.41, 5.74) is 5.54. The van der Waals surface area contributed by atoms with Crippen LogP contribution in [0.25, 0.3) is 0 Å². The summed E-state index contributed by atoms with van der Waals surface area (Å²) >= 11 is 11.8. The van der Waals surface area contributed by atoms with Crippen molar-refractivity contribution in [1.82, 2.24) is 4.90 Å². The second-order valence-corrected chi connectivity index (χ2v) is 6.06. The summed E-state index contributed by atoms with van der Waals surface area (Å²) in [5, 5.41) is 0.945. The zero-order valence-electron chi connectivity index (χ0n) is 12.8. The molecule has 0 aromatic heterocycles. The molecule has 1 fully saturated rings. The molecule has 0 spiro atoms. The Balaban J connectivity index is 0.00000264. The molecule has 1 heterocycles. The summed E-state index contributed by atoms with van der Waals surface area (Å²) in [7, 11) is 1.56. The van der Waals surface area contributed by atoms with E-state index in [1.54, 1.807) is 30.2 Å². The molecule has 0 aliphatic carbocycles. The minimum Gasteiger partial charge on any atom is -0.488 e. The van der Waals surface area contributed by atoms with Crippen LogP contribution in [0.2, 0.25) is 10.0 Å². The standard InChI is InChI=1S/C15H20Cl2N2O3.ClH/c1-21-12(8-18)7-15(20)19-5-4-11(9-19)22-10-2-3-13(16)14(17)6-10;/h2-3,6,11-12H,4-5,7-9,18H2,1H3;1H. The van der Waals surface area contributed by atoms with E-state index in [4.69, 9.17) is 38.4 Å². The molecule has 1 aromatic rings. The minimum atomic E-state index is -0.234. The second kappa shape index (κ2) is 9.55. The summed E-state index contributed by atoms with van der Waals surface area (Å²) < 4.78 is 11.0. The number of rotatable bonds is 6. The number of hydrogen-bond donors (Lipinski definition) is 1. The Morgan fingerprint density at radius 2 is 2.17 bits per heavy atom. The van der Waals surface area contributed by atoms with Crippen molar-refractivity contribution in [2.75, 3.05) is 26.7 Å². The molecule has 1 amide bonds. The van der Waals surface area contributed by atoms with Crippen molar-refractivity contribution >= 4 is 41.5 Å². The highest BCUT2D eigenvalue weighted by atomic mass is 35.5. The summed E-state index contributed by atoms with van der Waals surface area (Å²) in [6, 6.07) is 5.15. The largest absolute Gasteiger partial charge is 0.488 e. The van der Waals surface area contributed by atoms with Gasteiger partial charge in [-0.2, -0.15) is 0 Å². The highest BCUT2D eigenvalue weighted by molar-refractivity contribution is 6.42. The van der Waals surface area contributed by atoms with Gasteiger partial charge in [-0.15, -0.1) is 12.4 Å². The lowest BCUT2D eigenvalue weighted by Crippen LogP contribution is -2.35. The van der Waals surface area contributed by atoms with Gasteiger partial charge in [-0.05, 0) is 12.1 Å². The van der Waals surface area contributed by atoms with Crippen molar-refractivity contribution in [3.8, 4) is 5.75 Å². The van der Waals surface area contributed by atoms with Crippen LogP contribution in [-0.2, 0) is 9.53 Å². The van der Waals surface area contributed by atoms with Gasteiger partial charge in [0, 0.05) is 32.7 Å². The van der Waals surface area contributed by atoms with Crippen LogP contribution in [0.15, 0.2) is 18.2 Å². The number of carbonyl (C=O) groups is 1. The van der Waals surface area contributed by atoms with Gasteiger partial charge in [0.1, 0.15) is 11.9 Å². The van der Waals surface area contributed by atoms with Crippen LogP contribution in [0, 0.1) is 0 Å². The summed E-state index contributed by atoms with van der Waals surface area (Å²) in [6.45, 7) is 1.56. The number of likely N-dealkylation sites (tertiary alicyclic amines) is 1. The lowest BCUT2D eigenvalue weighted by Gasteiger charge is -2.20. The maximum Gasteiger partial charge on any atom is 0.225 e. The SMILES string of the molecule is COC(CN)CC(=O)N1CCC(Oc2ccc(Cl)c(Cl)c2)C1.Cl. The van der Waals surface area contributed by atoms with Crippen LogP contribution in [0.1, 0.15) is 12.8 Å². The third-order valence-electron chi connectivity index (χ3n) is 3.69. The Labute approximate surface area is 152 Å². The highest BCUT2D eigenvalue weighted by Gasteiger charge is 2.28. The van der Waals surface area contributed by atoms with Gasteiger partial charge in [0.05, 0.1) is 29.1 Å². The molecule has 1 aliphatic heterocycles. The van der Waals surface area contributed by atoms with Gasteiger partial charge in [-0.25, -0.2) is 0 Å². The molecule has 0 radical (unpaired) electrons. The van der Waals surface area contributed by atoms with Crippen molar-refractivity contribution in [3.63, 3.8) is 0 Å². The molecular weight excluding hydrogens is 363 g/mol. The first-order valence-corrected chi connectivity index (χ1v) is 7.91. The second-order valence-electron chi connectivity index (χ2n) is 5.24. The van der Waals surface area contributed by atoms with E-state index in [0.717, 1.165) is 6.42 Å². The van der Waals surface area contributed by atoms with Crippen LogP contribution >= 0.6 is 35.6 Å². The number of benzene rings is 1. The van der Waals surface area contributed by atoms with E-state index in [1.807, 2.05) is 0 Å². The van der Waals surface area contributed by atoms with E-state index in [0.29, 0.717) is 41.8 Å². The molecule has 2 atom stereocenters. The van der Waals surface area contributed by atoms with E-state index < -0.39 is 0 Å². The lowest BCUT2D eigenvalue weighted by molar-refractivity contribution is -0.132. The molecule has 2 rings (SSSR count). The van der Waals surface area contributed by atoms with Crippen LogP contribution in [0.4, 0.5) is 0 Å². The normalized spacial score (nSPS) is 18.4. The minimum absolute atomic E-state index is 0. The van der Waals surface area contributed by atoms with E-state index in [2.05, 4.69) is 0 Å². The number of hydrogen-bond acceptors (Lipinski definition) is 4. The van der Waals surface area contributed by atoms with Crippen molar-refractivity contribution < 1.29 is 14.3 Å². The third kappa shape index (κ3) is 5.69. The summed E-state index contributed by atoms with van der Waals surface area (Å²) in [5.74, 6) is 0.697. The van der Waals surface area contributed by atoms with Crippen LogP contribution in [0.5, 0.6) is 5.75 Å². The Morgan fingerprint density at radius 1 is 1.43 bits per heavy atom. The average Bonchev–Trinajstić information content (AvgIpc) is 2.97. The number of amides is 1. The number of ether oxygens (including phenoxy) is 2. The first kappa shape index (κ1) is 20.3. The topological polar surface area (TPSA) is 64.8 Å². The molecule has 23 heavy (non-hydrogen) atoms. The molecule has 1 saturated heterocycles. The van der Waals surface area contributed by atoms with Gasteiger partial charge in [0.25, 0.3) is 0 Å². The van der Waals surface area contributed by atoms with Crippen molar-refractivity contribution in [3.05, 3.63) is 28.2 Å². The van der Waals surface area contributed by atoms with E-state index >= 15 is 0 Å². The summed E-state index contributed by atoms with van der Waals surface area (Å²) in [4.78, 5) is 13.9. The van der Waals surface area contributed by atoms with Crippen molar-refractivity contribution in [2.45, 2.75) is 25.0 Å².